The molecule has 0 bridgehead atoms. The molecule has 0 aliphatic rings. The van der Waals surface area contributed by atoms with Crippen molar-refractivity contribution in [1.29, 1.82) is 0 Å². The van der Waals surface area contributed by atoms with Crippen LogP contribution >= 0.6 is 11.6 Å². The van der Waals surface area contributed by atoms with E-state index in [4.69, 9.17) is 16.7 Å². The molecule has 1 aromatic carbocycles. The summed E-state index contributed by atoms with van der Waals surface area (Å²) in [5.74, 6) is -0.239. The van der Waals surface area contributed by atoms with Crippen LogP contribution < -0.4 is 10.2 Å². The zero-order chi connectivity index (χ0) is 13.5. The molecule has 18 heavy (non-hydrogen) atoms. The van der Waals surface area contributed by atoms with Gasteiger partial charge in [-0.05, 0) is 23.8 Å². The minimum Gasteiger partial charge on any atom is -0.395 e. The Kier molecular flexibility index (Phi) is 5.68. The van der Waals surface area contributed by atoms with Crippen molar-refractivity contribution in [1.82, 2.24) is 5.32 Å². The van der Waals surface area contributed by atoms with E-state index < -0.39 is 0 Å². The van der Waals surface area contributed by atoms with E-state index in [0.717, 1.165) is 11.3 Å². The Labute approximate surface area is 112 Å². The fourth-order valence-corrected chi connectivity index (χ4v) is 1.76. The van der Waals surface area contributed by atoms with E-state index in [9.17, 15) is 4.79 Å². The third-order valence-electron chi connectivity index (χ3n) is 2.29. The predicted octanol–water partition coefficient (Wildman–Crippen LogP) is 1.53. The van der Waals surface area contributed by atoms with Crippen molar-refractivity contribution in [2.45, 2.75) is 0 Å². The van der Waals surface area contributed by atoms with Crippen LogP contribution in [0.3, 0.4) is 0 Å². The van der Waals surface area contributed by atoms with Crippen molar-refractivity contribution in [3.05, 3.63) is 34.9 Å². The standard InChI is InChI=1S/C13H17ClN2O2/c1-16(2)12-5-3-10(9-11(12)14)4-6-13(18)15-7-8-17/h3-6,9,17H,7-8H2,1-2H3,(H,15,18). The summed E-state index contributed by atoms with van der Waals surface area (Å²) >= 11 is 6.11. The van der Waals surface area contributed by atoms with E-state index in [0.29, 0.717) is 5.02 Å². The van der Waals surface area contributed by atoms with Gasteiger partial charge in [0.1, 0.15) is 0 Å². The first-order valence-corrected chi connectivity index (χ1v) is 5.96. The number of aliphatic hydroxyl groups excluding tert-OH is 1. The lowest BCUT2D eigenvalue weighted by Gasteiger charge is -2.14. The van der Waals surface area contributed by atoms with Gasteiger partial charge >= 0.3 is 0 Å². The van der Waals surface area contributed by atoms with Crippen LogP contribution in [0.2, 0.25) is 5.02 Å². The number of carbonyl (C=O) groups is 1. The van der Waals surface area contributed by atoms with E-state index >= 15 is 0 Å². The SMILES string of the molecule is CN(C)c1ccc(C=CC(=O)NCCO)cc1Cl. The van der Waals surface area contributed by atoms with Crippen LogP contribution in [0.15, 0.2) is 24.3 Å². The maximum Gasteiger partial charge on any atom is 0.244 e. The van der Waals surface area contributed by atoms with Gasteiger partial charge in [0, 0.05) is 26.7 Å². The average Bonchev–Trinajstić information content (AvgIpc) is 2.33. The van der Waals surface area contributed by atoms with Crippen LogP contribution in [-0.2, 0) is 4.79 Å². The summed E-state index contributed by atoms with van der Waals surface area (Å²) in [6.45, 7) is 0.187. The molecular formula is C13H17ClN2O2. The molecular weight excluding hydrogens is 252 g/mol. The largest absolute Gasteiger partial charge is 0.395 e. The Morgan fingerprint density at radius 3 is 2.78 bits per heavy atom. The number of nitrogens with zero attached hydrogens (tertiary/aromatic N) is 1. The lowest BCUT2D eigenvalue weighted by atomic mass is 10.2. The lowest BCUT2D eigenvalue weighted by molar-refractivity contribution is -0.116. The van der Waals surface area contributed by atoms with Gasteiger partial charge in [0.05, 0.1) is 17.3 Å². The number of amides is 1. The molecule has 0 heterocycles. The van der Waals surface area contributed by atoms with Gasteiger partial charge < -0.3 is 15.3 Å². The summed E-state index contributed by atoms with van der Waals surface area (Å²) in [6, 6.07) is 5.58. The topological polar surface area (TPSA) is 52.6 Å². The molecule has 0 spiro atoms. The molecule has 0 atom stereocenters. The van der Waals surface area contributed by atoms with Gasteiger partial charge in [-0.15, -0.1) is 0 Å². The number of hydrogen-bond donors (Lipinski definition) is 2. The van der Waals surface area contributed by atoms with Crippen molar-refractivity contribution >= 4 is 29.3 Å². The molecule has 0 aliphatic heterocycles. The maximum absolute atomic E-state index is 11.3. The molecule has 4 nitrogen and oxygen atoms in total. The first-order chi connectivity index (χ1) is 8.54. The number of carbonyl (C=O) groups excluding carboxylic acids is 1. The van der Waals surface area contributed by atoms with Gasteiger partial charge in [0.2, 0.25) is 5.91 Å². The first kappa shape index (κ1) is 14.5. The second kappa shape index (κ2) is 7.03. The minimum atomic E-state index is -0.239. The van der Waals surface area contributed by atoms with Crippen LogP contribution in [-0.4, -0.2) is 38.3 Å². The minimum absolute atomic E-state index is 0.0665. The molecule has 1 rings (SSSR count). The molecule has 0 fully saturated rings. The van der Waals surface area contributed by atoms with E-state index in [2.05, 4.69) is 5.32 Å². The normalized spacial score (nSPS) is 10.7. The highest BCUT2D eigenvalue weighted by Gasteiger charge is 2.02. The van der Waals surface area contributed by atoms with Crippen molar-refractivity contribution < 1.29 is 9.90 Å². The van der Waals surface area contributed by atoms with Gasteiger partial charge in [-0.3, -0.25) is 4.79 Å². The molecule has 0 aromatic heterocycles. The van der Waals surface area contributed by atoms with Crippen LogP contribution in [0.25, 0.3) is 6.08 Å². The summed E-state index contributed by atoms with van der Waals surface area (Å²) in [5.41, 5.74) is 1.78. The highest BCUT2D eigenvalue weighted by atomic mass is 35.5. The molecule has 0 unspecified atom stereocenters. The predicted molar refractivity (Wildman–Crippen MR) is 74.9 cm³/mol. The number of aliphatic hydroxyl groups is 1. The van der Waals surface area contributed by atoms with Crippen LogP contribution in [0.5, 0.6) is 0 Å². The number of anilines is 1. The van der Waals surface area contributed by atoms with Crippen molar-refractivity contribution in [2.75, 3.05) is 32.1 Å². The second-order valence-electron chi connectivity index (χ2n) is 3.95. The fourth-order valence-electron chi connectivity index (χ4n) is 1.40. The van der Waals surface area contributed by atoms with Gasteiger partial charge in [0.15, 0.2) is 0 Å². The summed E-state index contributed by atoms with van der Waals surface area (Å²) in [5, 5.41) is 11.7. The van der Waals surface area contributed by atoms with Crippen molar-refractivity contribution in [2.24, 2.45) is 0 Å². The van der Waals surface area contributed by atoms with E-state index in [1.807, 2.05) is 31.1 Å². The van der Waals surface area contributed by atoms with Crippen LogP contribution in [0.1, 0.15) is 5.56 Å². The summed E-state index contributed by atoms with van der Waals surface area (Å²) in [6.07, 6.45) is 3.09. The number of halogens is 1. The van der Waals surface area contributed by atoms with E-state index in [1.165, 1.54) is 6.08 Å². The smallest absolute Gasteiger partial charge is 0.244 e. The Bertz CT molecular complexity index is 445. The third-order valence-corrected chi connectivity index (χ3v) is 2.59. The molecule has 0 aliphatic carbocycles. The maximum atomic E-state index is 11.3. The van der Waals surface area contributed by atoms with Gasteiger partial charge in [-0.1, -0.05) is 17.7 Å². The average molecular weight is 269 g/mol. The molecule has 0 radical (unpaired) electrons. The van der Waals surface area contributed by atoms with Crippen LogP contribution in [0.4, 0.5) is 5.69 Å². The first-order valence-electron chi connectivity index (χ1n) is 5.58. The van der Waals surface area contributed by atoms with Crippen LogP contribution in [0, 0.1) is 0 Å². The monoisotopic (exact) mass is 268 g/mol. The van der Waals surface area contributed by atoms with E-state index in [-0.39, 0.29) is 19.1 Å². The summed E-state index contributed by atoms with van der Waals surface area (Å²) < 4.78 is 0. The molecule has 0 saturated carbocycles. The molecule has 1 aromatic rings. The molecule has 1 amide bonds. The molecule has 2 N–H and O–H groups in total. The third kappa shape index (κ3) is 4.39. The zero-order valence-corrected chi connectivity index (χ0v) is 11.2. The molecule has 0 saturated heterocycles. The Hall–Kier alpha value is -1.52. The Morgan fingerprint density at radius 2 is 2.22 bits per heavy atom. The summed E-state index contributed by atoms with van der Waals surface area (Å²) in [4.78, 5) is 13.2. The Morgan fingerprint density at radius 1 is 1.50 bits per heavy atom. The van der Waals surface area contributed by atoms with Crippen molar-refractivity contribution in [3.63, 3.8) is 0 Å². The number of nitrogens with one attached hydrogen (secondary N) is 1. The van der Waals surface area contributed by atoms with Gasteiger partial charge in [0.25, 0.3) is 0 Å². The molecule has 5 heteroatoms. The number of hydrogen-bond acceptors (Lipinski definition) is 3. The zero-order valence-electron chi connectivity index (χ0n) is 10.5. The van der Waals surface area contributed by atoms with Crippen molar-refractivity contribution in [3.8, 4) is 0 Å². The Balaban J connectivity index is 2.71. The lowest BCUT2D eigenvalue weighted by Crippen LogP contribution is -2.24. The fraction of sp³-hybridized carbons (Fsp3) is 0.308. The second-order valence-corrected chi connectivity index (χ2v) is 4.36. The number of benzene rings is 1. The highest BCUT2D eigenvalue weighted by Crippen LogP contribution is 2.25. The highest BCUT2D eigenvalue weighted by molar-refractivity contribution is 6.33. The molecule has 98 valence electrons. The quantitative estimate of drug-likeness (QED) is 0.797. The van der Waals surface area contributed by atoms with E-state index in [1.54, 1.807) is 12.1 Å². The van der Waals surface area contributed by atoms with Gasteiger partial charge in [-0.25, -0.2) is 0 Å². The summed E-state index contributed by atoms with van der Waals surface area (Å²) in [7, 11) is 3.83. The van der Waals surface area contributed by atoms with Gasteiger partial charge in [-0.2, -0.15) is 0 Å². The number of rotatable bonds is 5.